The number of fused-ring (bicyclic) bond motifs is 1. The zero-order valence-corrected chi connectivity index (χ0v) is 16.8. The summed E-state index contributed by atoms with van der Waals surface area (Å²) >= 11 is 1.43. The second-order valence-corrected chi connectivity index (χ2v) is 7.64. The molecule has 6 nitrogen and oxygen atoms in total. The number of thioether (sulfide) groups is 1. The molecular formula is C21H22N4O2S. The number of aromatic nitrogens is 3. The van der Waals surface area contributed by atoms with Crippen LogP contribution in [0.3, 0.4) is 0 Å². The highest BCUT2D eigenvalue weighted by Crippen LogP contribution is 2.28. The molecule has 4 rings (SSSR count). The van der Waals surface area contributed by atoms with Gasteiger partial charge in [0.15, 0.2) is 5.16 Å². The van der Waals surface area contributed by atoms with Gasteiger partial charge in [-0.2, -0.15) is 0 Å². The van der Waals surface area contributed by atoms with E-state index in [1.165, 1.54) is 17.3 Å². The van der Waals surface area contributed by atoms with E-state index in [1.807, 2.05) is 59.0 Å². The molecule has 2 aromatic carbocycles. The van der Waals surface area contributed by atoms with Crippen molar-refractivity contribution in [2.24, 2.45) is 7.05 Å². The fraction of sp³-hybridized carbons (Fsp3) is 0.286. The van der Waals surface area contributed by atoms with Gasteiger partial charge in [0.2, 0.25) is 5.91 Å². The van der Waals surface area contributed by atoms with Gasteiger partial charge in [-0.05, 0) is 35.7 Å². The van der Waals surface area contributed by atoms with Crippen molar-refractivity contribution >= 4 is 23.4 Å². The van der Waals surface area contributed by atoms with Crippen molar-refractivity contribution in [3.05, 3.63) is 65.5 Å². The Morgan fingerprint density at radius 2 is 1.93 bits per heavy atom. The van der Waals surface area contributed by atoms with E-state index in [-0.39, 0.29) is 5.91 Å². The number of rotatable bonds is 6. The summed E-state index contributed by atoms with van der Waals surface area (Å²) in [7, 11) is 3.60. The smallest absolute Gasteiger partial charge is 0.237 e. The van der Waals surface area contributed by atoms with Gasteiger partial charge in [0.25, 0.3) is 0 Å². The van der Waals surface area contributed by atoms with Crippen molar-refractivity contribution in [3.8, 4) is 5.75 Å². The first-order valence-electron chi connectivity index (χ1n) is 9.18. The molecule has 1 aliphatic heterocycles. The summed E-state index contributed by atoms with van der Waals surface area (Å²) in [5, 5.41) is 9.32. The minimum Gasteiger partial charge on any atom is -0.497 e. The first-order valence-corrected chi connectivity index (χ1v) is 10.2. The molecule has 0 saturated heterocycles. The van der Waals surface area contributed by atoms with E-state index in [2.05, 4.69) is 16.3 Å². The predicted molar refractivity (Wildman–Crippen MR) is 110 cm³/mol. The average molecular weight is 395 g/mol. The topological polar surface area (TPSA) is 60.3 Å². The minimum absolute atomic E-state index is 0.106. The van der Waals surface area contributed by atoms with Crippen LogP contribution in [0.15, 0.2) is 53.7 Å². The van der Waals surface area contributed by atoms with Crippen LogP contribution in [-0.2, 0) is 24.7 Å². The Balaban J connectivity index is 1.39. The maximum absolute atomic E-state index is 12.7. The number of hydrogen-bond donors (Lipinski definition) is 0. The van der Waals surface area contributed by atoms with E-state index < -0.39 is 0 Å². The van der Waals surface area contributed by atoms with Gasteiger partial charge in [0.05, 0.1) is 12.9 Å². The monoisotopic (exact) mass is 394 g/mol. The van der Waals surface area contributed by atoms with Crippen LogP contribution in [0.1, 0.15) is 17.0 Å². The molecule has 1 amide bonds. The minimum atomic E-state index is 0.106. The fourth-order valence-corrected chi connectivity index (χ4v) is 4.16. The highest BCUT2D eigenvalue weighted by atomic mass is 32.2. The summed E-state index contributed by atoms with van der Waals surface area (Å²) in [6.45, 7) is 0.750. The lowest BCUT2D eigenvalue weighted by Crippen LogP contribution is -2.30. The van der Waals surface area contributed by atoms with Gasteiger partial charge < -0.3 is 14.2 Å². The summed E-state index contributed by atoms with van der Waals surface area (Å²) in [5.74, 6) is 2.16. The second-order valence-electron chi connectivity index (χ2n) is 6.70. The third-order valence-corrected chi connectivity index (χ3v) is 5.96. The molecular weight excluding hydrogens is 372 g/mol. The van der Waals surface area contributed by atoms with Crippen molar-refractivity contribution in [1.82, 2.24) is 14.8 Å². The summed E-state index contributed by atoms with van der Waals surface area (Å²) < 4.78 is 7.15. The van der Waals surface area contributed by atoms with E-state index in [9.17, 15) is 4.79 Å². The quantitative estimate of drug-likeness (QED) is 0.601. The van der Waals surface area contributed by atoms with Gasteiger partial charge in [-0.25, -0.2) is 0 Å². The van der Waals surface area contributed by atoms with Crippen LogP contribution < -0.4 is 9.64 Å². The normalized spacial score (nSPS) is 12.9. The third kappa shape index (κ3) is 3.75. The molecule has 0 atom stereocenters. The number of para-hydroxylation sites is 1. The molecule has 0 fully saturated rings. The fourth-order valence-electron chi connectivity index (χ4n) is 3.35. The largest absolute Gasteiger partial charge is 0.497 e. The van der Waals surface area contributed by atoms with Crippen LogP contribution in [0.25, 0.3) is 0 Å². The van der Waals surface area contributed by atoms with E-state index in [0.717, 1.165) is 40.9 Å². The van der Waals surface area contributed by atoms with Crippen LogP contribution >= 0.6 is 11.8 Å². The lowest BCUT2D eigenvalue weighted by Gasteiger charge is -2.16. The molecule has 0 unspecified atom stereocenters. The van der Waals surface area contributed by atoms with Crippen LogP contribution in [0.2, 0.25) is 0 Å². The average Bonchev–Trinajstić information content (AvgIpc) is 3.31. The molecule has 2 heterocycles. The molecule has 1 aromatic heterocycles. The second kappa shape index (κ2) is 8.06. The van der Waals surface area contributed by atoms with Gasteiger partial charge in [-0.1, -0.05) is 42.1 Å². The Kier molecular flexibility index (Phi) is 5.34. The number of methoxy groups -OCH3 is 1. The molecule has 144 valence electrons. The van der Waals surface area contributed by atoms with Gasteiger partial charge in [0, 0.05) is 25.7 Å². The highest BCUT2D eigenvalue weighted by molar-refractivity contribution is 7.99. The molecule has 1 aliphatic rings. The number of ether oxygens (including phenoxy) is 1. The van der Waals surface area contributed by atoms with Crippen LogP contribution in [0.4, 0.5) is 5.69 Å². The van der Waals surface area contributed by atoms with Gasteiger partial charge in [-0.3, -0.25) is 4.79 Å². The van der Waals surface area contributed by atoms with Crippen molar-refractivity contribution in [1.29, 1.82) is 0 Å². The van der Waals surface area contributed by atoms with Crippen molar-refractivity contribution in [3.63, 3.8) is 0 Å². The zero-order valence-electron chi connectivity index (χ0n) is 16.0. The Hall–Kier alpha value is -2.80. The lowest BCUT2D eigenvalue weighted by atomic mass is 10.1. The molecule has 0 radical (unpaired) electrons. The maximum Gasteiger partial charge on any atom is 0.237 e. The van der Waals surface area contributed by atoms with Crippen LogP contribution in [0, 0.1) is 0 Å². The number of benzene rings is 2. The summed E-state index contributed by atoms with van der Waals surface area (Å²) in [5.41, 5.74) is 3.41. The Labute approximate surface area is 168 Å². The zero-order chi connectivity index (χ0) is 19.5. The van der Waals surface area contributed by atoms with Gasteiger partial charge in [0.1, 0.15) is 11.6 Å². The van der Waals surface area contributed by atoms with Gasteiger partial charge >= 0.3 is 0 Å². The summed E-state index contributed by atoms with van der Waals surface area (Å²) in [6.07, 6.45) is 1.60. The Morgan fingerprint density at radius 1 is 1.14 bits per heavy atom. The van der Waals surface area contributed by atoms with Crippen LogP contribution in [0.5, 0.6) is 5.75 Å². The van der Waals surface area contributed by atoms with E-state index >= 15 is 0 Å². The molecule has 0 bridgehead atoms. The van der Waals surface area contributed by atoms with Crippen molar-refractivity contribution in [2.75, 3.05) is 24.3 Å². The molecule has 7 heteroatoms. The number of carbonyl (C=O) groups is 1. The first kappa shape index (κ1) is 18.6. The molecule has 0 spiro atoms. The third-order valence-electron chi connectivity index (χ3n) is 4.96. The van der Waals surface area contributed by atoms with Crippen molar-refractivity contribution in [2.45, 2.75) is 18.0 Å². The first-order chi connectivity index (χ1) is 13.7. The number of amides is 1. The number of nitrogens with zero attached hydrogens (tertiary/aromatic N) is 4. The van der Waals surface area contributed by atoms with Crippen molar-refractivity contribution < 1.29 is 9.53 Å². The predicted octanol–water partition coefficient (Wildman–Crippen LogP) is 3.10. The summed E-state index contributed by atoms with van der Waals surface area (Å²) in [4.78, 5) is 14.6. The number of anilines is 1. The Morgan fingerprint density at radius 3 is 2.71 bits per heavy atom. The molecule has 3 aromatic rings. The van der Waals surface area contributed by atoms with Crippen LogP contribution in [-0.4, -0.2) is 40.1 Å². The molecule has 0 aliphatic carbocycles. The highest BCUT2D eigenvalue weighted by Gasteiger charge is 2.24. The van der Waals surface area contributed by atoms with E-state index in [0.29, 0.717) is 12.2 Å². The van der Waals surface area contributed by atoms with E-state index in [4.69, 9.17) is 4.74 Å². The molecule has 0 saturated carbocycles. The van der Waals surface area contributed by atoms with Gasteiger partial charge in [-0.15, -0.1) is 10.2 Å². The summed E-state index contributed by atoms with van der Waals surface area (Å²) in [6, 6.07) is 16.0. The number of hydrogen-bond acceptors (Lipinski definition) is 5. The lowest BCUT2D eigenvalue weighted by molar-refractivity contribution is -0.116. The molecule has 0 N–H and O–H groups in total. The Bertz CT molecular complexity index is 984. The maximum atomic E-state index is 12.7. The standard InChI is InChI=1S/C21H22N4O2S/c1-24-19(13-15-7-9-17(27-2)10-8-15)22-23-21(24)28-14-20(26)25-12-11-16-5-3-4-6-18(16)25/h3-10H,11-14H2,1-2H3. The number of carbonyl (C=O) groups excluding carboxylic acids is 1. The van der Waals surface area contributed by atoms with E-state index in [1.54, 1.807) is 7.11 Å². The molecule has 28 heavy (non-hydrogen) atoms. The SMILES string of the molecule is COc1ccc(Cc2nnc(SCC(=O)N3CCc4ccccc43)n2C)cc1.